The van der Waals surface area contributed by atoms with Crippen LogP contribution in [-0.4, -0.2) is 11.6 Å². The van der Waals surface area contributed by atoms with Crippen LogP contribution >= 0.6 is 0 Å². The van der Waals surface area contributed by atoms with Crippen LogP contribution in [0.5, 0.6) is 0 Å². The van der Waals surface area contributed by atoms with Crippen LogP contribution < -0.4 is 0 Å². The van der Waals surface area contributed by atoms with E-state index >= 15 is 0 Å². The van der Waals surface area contributed by atoms with Crippen molar-refractivity contribution in [3.63, 3.8) is 0 Å². The Balaban J connectivity index is 3.90. The van der Waals surface area contributed by atoms with Gasteiger partial charge in [-0.3, -0.25) is 9.59 Å². The van der Waals surface area contributed by atoms with Crippen LogP contribution in [0.2, 0.25) is 0 Å². The molecular formula is C24H46O2. The lowest BCUT2D eigenvalue weighted by Crippen LogP contribution is -2.18. The summed E-state index contributed by atoms with van der Waals surface area (Å²) in [7, 11) is 0. The summed E-state index contributed by atoms with van der Waals surface area (Å²) in [6.07, 6.45) is 19.7. The molecule has 0 N–H and O–H groups in total. The minimum absolute atomic E-state index is 0.00678. The third kappa shape index (κ3) is 15.6. The van der Waals surface area contributed by atoms with Gasteiger partial charge in [0.1, 0.15) is 11.6 Å². The molecule has 2 heteroatoms. The Morgan fingerprint density at radius 2 is 1.04 bits per heavy atom. The molecule has 0 aromatic rings. The third-order valence-corrected chi connectivity index (χ3v) is 5.40. The van der Waals surface area contributed by atoms with Gasteiger partial charge in [0.2, 0.25) is 0 Å². The van der Waals surface area contributed by atoms with E-state index in [9.17, 15) is 9.59 Å². The first-order valence-corrected chi connectivity index (χ1v) is 11.7. The lowest BCUT2D eigenvalue weighted by atomic mass is 9.89. The highest BCUT2D eigenvalue weighted by Crippen LogP contribution is 2.19. The van der Waals surface area contributed by atoms with Crippen LogP contribution in [0, 0.1) is 5.92 Å². The smallest absolute Gasteiger partial charge is 0.136 e. The molecule has 1 atom stereocenters. The van der Waals surface area contributed by atoms with Gasteiger partial charge in [-0.25, -0.2) is 0 Å². The summed E-state index contributed by atoms with van der Waals surface area (Å²) in [4.78, 5) is 24.7. The van der Waals surface area contributed by atoms with Crippen LogP contribution in [0.25, 0.3) is 0 Å². The Morgan fingerprint density at radius 3 is 1.54 bits per heavy atom. The molecule has 0 aliphatic heterocycles. The van der Waals surface area contributed by atoms with Crippen LogP contribution in [0.15, 0.2) is 0 Å². The summed E-state index contributed by atoms with van der Waals surface area (Å²) < 4.78 is 0. The summed E-state index contributed by atoms with van der Waals surface area (Å²) in [6, 6.07) is 0. The predicted octanol–water partition coefficient (Wildman–Crippen LogP) is 7.82. The second kappa shape index (κ2) is 19.1. The Kier molecular flexibility index (Phi) is 18.6. The number of hydrogen-bond acceptors (Lipinski definition) is 2. The maximum Gasteiger partial charge on any atom is 0.136 e. The van der Waals surface area contributed by atoms with E-state index in [1.165, 1.54) is 64.2 Å². The molecule has 154 valence electrons. The molecule has 0 radical (unpaired) electrons. The van der Waals surface area contributed by atoms with Crippen molar-refractivity contribution in [1.29, 1.82) is 0 Å². The molecule has 0 aromatic carbocycles. The van der Waals surface area contributed by atoms with Gasteiger partial charge in [-0.2, -0.15) is 0 Å². The van der Waals surface area contributed by atoms with Gasteiger partial charge < -0.3 is 0 Å². The number of hydrogen-bond donors (Lipinski definition) is 0. The number of Topliss-reactive ketones (excluding diaryl/α,β-unsaturated/α-hetero) is 2. The summed E-state index contributed by atoms with van der Waals surface area (Å²) in [5, 5.41) is 0. The minimum Gasteiger partial charge on any atom is -0.300 e. The molecule has 0 bridgehead atoms. The van der Waals surface area contributed by atoms with Gasteiger partial charge in [0.05, 0.1) is 0 Å². The fourth-order valence-corrected chi connectivity index (χ4v) is 3.67. The van der Waals surface area contributed by atoms with Gasteiger partial charge in [0.25, 0.3) is 0 Å². The Morgan fingerprint density at radius 1 is 0.577 bits per heavy atom. The van der Waals surface area contributed by atoms with Crippen LogP contribution in [0.4, 0.5) is 0 Å². The van der Waals surface area contributed by atoms with Crippen molar-refractivity contribution in [2.24, 2.45) is 5.92 Å². The highest BCUT2D eigenvalue weighted by molar-refractivity contribution is 5.87. The highest BCUT2D eigenvalue weighted by Gasteiger charge is 2.20. The number of carbonyl (C=O) groups excluding carboxylic acids is 2. The number of carbonyl (C=O) groups is 2. The molecule has 0 saturated heterocycles. The zero-order valence-electron chi connectivity index (χ0n) is 18.1. The van der Waals surface area contributed by atoms with Gasteiger partial charge in [0, 0.05) is 25.2 Å². The Hall–Kier alpha value is -0.660. The van der Waals surface area contributed by atoms with Gasteiger partial charge in [-0.15, -0.1) is 0 Å². The second-order valence-corrected chi connectivity index (χ2v) is 8.08. The lowest BCUT2D eigenvalue weighted by molar-refractivity contribution is -0.128. The molecular weight excluding hydrogens is 320 g/mol. The quantitative estimate of drug-likeness (QED) is 0.206. The van der Waals surface area contributed by atoms with E-state index in [1.807, 2.05) is 0 Å². The third-order valence-electron chi connectivity index (χ3n) is 5.40. The normalized spacial score (nSPS) is 12.3. The van der Waals surface area contributed by atoms with E-state index in [1.54, 1.807) is 0 Å². The zero-order chi connectivity index (χ0) is 19.5. The highest BCUT2D eigenvalue weighted by atomic mass is 16.1. The Labute approximate surface area is 163 Å². The molecule has 0 aliphatic carbocycles. The molecule has 0 saturated carbocycles. The average molecular weight is 367 g/mol. The summed E-state index contributed by atoms with van der Waals surface area (Å²) in [6.45, 7) is 6.58. The summed E-state index contributed by atoms with van der Waals surface area (Å²) in [5.74, 6) is 0.649. The van der Waals surface area contributed by atoms with Crippen molar-refractivity contribution < 1.29 is 9.59 Å². The van der Waals surface area contributed by atoms with Crippen molar-refractivity contribution >= 4 is 11.6 Å². The molecule has 0 spiro atoms. The maximum absolute atomic E-state index is 12.5. The van der Waals surface area contributed by atoms with Crippen LogP contribution in [0.3, 0.4) is 0 Å². The second-order valence-electron chi connectivity index (χ2n) is 8.08. The fourth-order valence-electron chi connectivity index (χ4n) is 3.67. The van der Waals surface area contributed by atoms with E-state index in [-0.39, 0.29) is 5.92 Å². The zero-order valence-corrected chi connectivity index (χ0v) is 18.1. The molecule has 0 amide bonds. The summed E-state index contributed by atoms with van der Waals surface area (Å²) in [5.41, 5.74) is 0. The standard InChI is InChI=1S/C24H46O2/c1-4-7-9-11-13-15-17-20-24(26)22(18-6-3)21-23(25)19-16-14-12-10-8-5-2/h22H,4-21H2,1-3H3. The molecule has 0 rings (SSSR count). The first-order chi connectivity index (χ1) is 12.7. The van der Waals surface area contributed by atoms with Gasteiger partial charge in [0.15, 0.2) is 0 Å². The van der Waals surface area contributed by atoms with Crippen molar-refractivity contribution in [1.82, 2.24) is 0 Å². The number of rotatable bonds is 20. The van der Waals surface area contributed by atoms with Crippen molar-refractivity contribution in [2.45, 2.75) is 136 Å². The molecule has 0 heterocycles. The van der Waals surface area contributed by atoms with E-state index in [0.29, 0.717) is 30.8 Å². The SMILES string of the molecule is CCCCCCCCCC(=O)C(CCC)CC(=O)CCCCCCCC. The van der Waals surface area contributed by atoms with Crippen molar-refractivity contribution in [3.8, 4) is 0 Å². The lowest BCUT2D eigenvalue weighted by Gasteiger charge is -2.14. The fraction of sp³-hybridized carbons (Fsp3) is 0.917. The molecule has 2 nitrogen and oxygen atoms in total. The number of ketones is 2. The molecule has 1 unspecified atom stereocenters. The predicted molar refractivity (Wildman–Crippen MR) is 114 cm³/mol. The first-order valence-electron chi connectivity index (χ1n) is 11.7. The Bertz CT molecular complexity index is 335. The molecule has 0 fully saturated rings. The first kappa shape index (κ1) is 25.3. The topological polar surface area (TPSA) is 34.1 Å². The van der Waals surface area contributed by atoms with Gasteiger partial charge in [-0.1, -0.05) is 97.8 Å². The average Bonchev–Trinajstić information content (AvgIpc) is 2.63. The minimum atomic E-state index is -0.00678. The van der Waals surface area contributed by atoms with Gasteiger partial charge >= 0.3 is 0 Å². The van der Waals surface area contributed by atoms with Crippen molar-refractivity contribution in [3.05, 3.63) is 0 Å². The van der Waals surface area contributed by atoms with E-state index in [2.05, 4.69) is 20.8 Å². The largest absolute Gasteiger partial charge is 0.300 e. The summed E-state index contributed by atoms with van der Waals surface area (Å²) >= 11 is 0. The monoisotopic (exact) mass is 366 g/mol. The van der Waals surface area contributed by atoms with E-state index in [0.717, 1.165) is 32.1 Å². The molecule has 0 aliphatic rings. The van der Waals surface area contributed by atoms with Crippen LogP contribution in [-0.2, 0) is 9.59 Å². The van der Waals surface area contributed by atoms with Gasteiger partial charge in [-0.05, 0) is 19.3 Å². The number of unbranched alkanes of at least 4 members (excludes halogenated alkanes) is 11. The molecule has 0 aromatic heterocycles. The maximum atomic E-state index is 12.5. The van der Waals surface area contributed by atoms with Crippen molar-refractivity contribution in [2.75, 3.05) is 0 Å². The van der Waals surface area contributed by atoms with E-state index in [4.69, 9.17) is 0 Å². The van der Waals surface area contributed by atoms with E-state index < -0.39 is 0 Å². The molecule has 26 heavy (non-hydrogen) atoms. The van der Waals surface area contributed by atoms with Crippen LogP contribution in [0.1, 0.15) is 136 Å².